The van der Waals surface area contributed by atoms with Gasteiger partial charge in [-0.2, -0.15) is 18.1 Å². The average molecular weight is 477 g/mol. The third-order valence-corrected chi connectivity index (χ3v) is 19.2. The fourth-order valence-corrected chi connectivity index (χ4v) is 24.1. The largest absolute Gasteiger partial charge is 0.257 e. The highest BCUT2D eigenvalue weighted by Gasteiger charge is 2.49. The molecule has 16 heteroatoms. The van der Waals surface area contributed by atoms with E-state index in [0.29, 0.717) is 0 Å². The van der Waals surface area contributed by atoms with Gasteiger partial charge in [-0.3, -0.25) is 0 Å². The maximum atomic E-state index is 6.24. The molecule has 0 amide bonds. The number of hydrogen-bond acceptors (Lipinski definition) is 6. The van der Waals surface area contributed by atoms with Crippen molar-refractivity contribution in [3.05, 3.63) is 0 Å². The first-order valence-electron chi connectivity index (χ1n) is 5.28. The second-order valence-corrected chi connectivity index (χ2v) is 22.0. The molecule has 0 N–H and O–H groups in total. The molecule has 0 radical (unpaired) electrons. The molecule has 3 heterocycles. The van der Waals surface area contributed by atoms with Gasteiger partial charge in [0.05, 0.1) is 0 Å². The van der Waals surface area contributed by atoms with Crippen molar-refractivity contribution >= 4 is 92.7 Å². The van der Waals surface area contributed by atoms with Crippen molar-refractivity contribution in [2.24, 2.45) is 18.1 Å². The summed E-state index contributed by atoms with van der Waals surface area (Å²) in [7, 11) is -2.48. The Kier molecular flexibility index (Phi) is 4.83. The van der Waals surface area contributed by atoms with E-state index in [1.54, 1.807) is 0 Å². The van der Waals surface area contributed by atoms with Crippen LogP contribution in [0, 0.1) is 0 Å². The summed E-state index contributed by atoms with van der Waals surface area (Å²) in [5, 5.41) is 0. The molecule has 3 rings (SSSR count). The zero-order valence-corrected chi connectivity index (χ0v) is 17.7. The molecule has 2 fully saturated rings. The monoisotopic (exact) mass is 474 g/mol. The van der Waals surface area contributed by atoms with E-state index in [9.17, 15) is 0 Å². The van der Waals surface area contributed by atoms with Gasteiger partial charge in [-0.05, 0) is 67.4 Å². The van der Waals surface area contributed by atoms with Crippen LogP contribution in [0.5, 0.6) is 0 Å². The van der Waals surface area contributed by atoms with Gasteiger partial charge in [0.1, 0.15) is 0 Å². The van der Waals surface area contributed by atoms with Crippen LogP contribution in [0.3, 0.4) is 0 Å². The molecule has 3 aliphatic rings. The van der Waals surface area contributed by atoms with Crippen LogP contribution in [0.1, 0.15) is 0 Å². The van der Waals surface area contributed by atoms with E-state index in [0.717, 1.165) is 26.2 Å². The number of rotatable bonds is 2. The number of halogens is 6. The summed E-state index contributed by atoms with van der Waals surface area (Å²) in [6.45, 7) is 3.39. The lowest BCUT2D eigenvalue weighted by Crippen LogP contribution is -2.01. The summed E-state index contributed by atoms with van der Waals surface area (Å²) in [5.74, 6) is -9.32. The van der Waals surface area contributed by atoms with E-state index in [1.165, 1.54) is 0 Å². The van der Waals surface area contributed by atoms with Gasteiger partial charge in [-0.15, -0.1) is 0 Å². The van der Waals surface area contributed by atoms with Crippen molar-refractivity contribution in [1.29, 1.82) is 0 Å². The Morgan fingerprint density at radius 2 is 0.900 bits per heavy atom. The highest BCUT2D eigenvalue weighted by Crippen LogP contribution is 2.88. The first kappa shape index (κ1) is 17.4. The van der Waals surface area contributed by atoms with E-state index < -0.39 is 25.2 Å². The van der Waals surface area contributed by atoms with Crippen LogP contribution in [0.4, 0.5) is 0 Å². The maximum absolute atomic E-state index is 6.24. The highest BCUT2D eigenvalue weighted by molar-refractivity contribution is 8.23. The van der Waals surface area contributed by atoms with Crippen LogP contribution >= 0.6 is 92.7 Å². The highest BCUT2D eigenvalue weighted by atomic mass is 35.9. The van der Waals surface area contributed by atoms with Gasteiger partial charge in [0, 0.05) is 26.2 Å². The molecule has 0 aromatic carbocycles. The zero-order chi connectivity index (χ0) is 14.8. The Hall–Kier alpha value is 2.58. The van der Waals surface area contributed by atoms with Crippen molar-refractivity contribution < 1.29 is 0 Å². The molecule has 0 bridgehead atoms. The molecule has 0 spiro atoms. The first-order valence-corrected chi connectivity index (χ1v) is 17.4. The predicted molar refractivity (Wildman–Crippen MR) is 95.7 cm³/mol. The number of nitrogens with zero attached hydrogens (tertiary/aromatic N) is 6. The van der Waals surface area contributed by atoms with Crippen LogP contribution < -0.4 is 0 Å². The van der Waals surface area contributed by atoms with Gasteiger partial charge in [-0.1, -0.05) is 0 Å². The SMILES string of the molecule is ClP1(Cl)=NP(Cl)(Cl)=NP(N2CC2)(N2CC2)=NP(Cl)(Cl)=N1. The quantitative estimate of drug-likeness (QED) is 0.301. The Bertz CT molecular complexity index is 643. The summed E-state index contributed by atoms with van der Waals surface area (Å²) in [6.07, 6.45) is 0. The molecule has 6 nitrogen and oxygen atoms in total. The van der Waals surface area contributed by atoms with E-state index in [1.807, 2.05) is 0 Å². The van der Waals surface area contributed by atoms with E-state index >= 15 is 0 Å². The van der Waals surface area contributed by atoms with Crippen molar-refractivity contribution in [2.75, 3.05) is 26.2 Å². The fourth-order valence-electron chi connectivity index (χ4n) is 1.65. The minimum Gasteiger partial charge on any atom is -0.237 e. The first-order chi connectivity index (χ1) is 9.04. The molecule has 0 atom stereocenters. The normalized spacial score (nSPS) is 33.5. The Morgan fingerprint density at radius 3 is 1.30 bits per heavy atom. The molecule has 0 aromatic rings. The second kappa shape index (κ2) is 5.55. The van der Waals surface area contributed by atoms with Crippen molar-refractivity contribution in [1.82, 2.24) is 9.34 Å². The van der Waals surface area contributed by atoms with Gasteiger partial charge in [-0.25, -0.2) is 9.34 Å². The van der Waals surface area contributed by atoms with Crippen molar-refractivity contribution in [3.63, 3.8) is 0 Å². The Balaban J connectivity index is 2.30. The van der Waals surface area contributed by atoms with Gasteiger partial charge < -0.3 is 0 Å². The van der Waals surface area contributed by atoms with E-state index in [-0.39, 0.29) is 0 Å². The predicted octanol–water partition coefficient (Wildman–Crippen LogP) is 7.85. The minimum absolute atomic E-state index is 0.848. The third kappa shape index (κ3) is 3.97. The lowest BCUT2D eigenvalue weighted by molar-refractivity contribution is 0.779. The van der Waals surface area contributed by atoms with Crippen LogP contribution in [-0.2, 0) is 0 Å². The van der Waals surface area contributed by atoms with Crippen LogP contribution in [-0.4, -0.2) is 35.5 Å². The summed E-state index contributed by atoms with van der Waals surface area (Å²) >= 11 is 37.0. The molecule has 0 aromatic heterocycles. The summed E-state index contributed by atoms with van der Waals surface area (Å²) < 4.78 is 21.3. The Labute approximate surface area is 145 Å². The van der Waals surface area contributed by atoms with Gasteiger partial charge in [0.2, 0.25) is 7.51 Å². The van der Waals surface area contributed by atoms with Crippen LogP contribution in [0.15, 0.2) is 18.1 Å². The minimum atomic E-state index is -3.17. The maximum Gasteiger partial charge on any atom is 0.257 e. The van der Waals surface area contributed by atoms with E-state index in [2.05, 4.69) is 27.4 Å². The molecule has 2 saturated heterocycles. The standard InChI is InChI=1S/C4H8Cl6N6P4/c5-17(6)11-18(7,8)13-20(15-1-2-15,16-3-4-16)14-19(9,10)12-17/h1-4H2. The molecule has 20 heavy (non-hydrogen) atoms. The molecular weight excluding hydrogens is 469 g/mol. The lowest BCUT2D eigenvalue weighted by Gasteiger charge is -2.26. The Morgan fingerprint density at radius 1 is 0.550 bits per heavy atom. The second-order valence-electron chi connectivity index (χ2n) is 4.17. The zero-order valence-electron chi connectivity index (χ0n) is 9.57. The molecule has 0 saturated carbocycles. The summed E-state index contributed by atoms with van der Waals surface area (Å²) in [6, 6.07) is 0. The molecule has 0 unspecified atom stereocenters. The third-order valence-electron chi connectivity index (χ3n) is 2.49. The lowest BCUT2D eigenvalue weighted by atomic mass is 11.0. The fraction of sp³-hybridized carbons (Fsp3) is 1.00. The van der Waals surface area contributed by atoms with Gasteiger partial charge in [0.15, 0.2) is 0 Å². The summed E-state index contributed by atoms with van der Waals surface area (Å²) in [5.41, 5.74) is 0. The van der Waals surface area contributed by atoms with Crippen molar-refractivity contribution in [2.45, 2.75) is 0 Å². The smallest absolute Gasteiger partial charge is 0.237 e. The topological polar surface area (TPSA) is 55.5 Å². The van der Waals surface area contributed by atoms with Crippen LogP contribution in [0.25, 0.3) is 0 Å². The molecular formula is C4H8Cl6N6P4. The molecule has 116 valence electrons. The van der Waals surface area contributed by atoms with Crippen molar-refractivity contribution in [3.8, 4) is 0 Å². The summed E-state index contributed by atoms with van der Waals surface area (Å²) in [4.78, 5) is 0. The van der Waals surface area contributed by atoms with Gasteiger partial charge >= 0.3 is 0 Å². The molecule has 3 aliphatic heterocycles. The average Bonchev–Trinajstić information content (AvgIpc) is 3.05. The van der Waals surface area contributed by atoms with Gasteiger partial charge in [0.25, 0.3) is 17.7 Å². The van der Waals surface area contributed by atoms with E-state index in [4.69, 9.17) is 67.4 Å². The number of hydrogen-bond donors (Lipinski definition) is 0. The van der Waals surface area contributed by atoms with Crippen LogP contribution in [0.2, 0.25) is 0 Å². The molecule has 0 aliphatic carbocycles.